The fourth-order valence-corrected chi connectivity index (χ4v) is 4.98. The lowest BCUT2D eigenvalue weighted by molar-refractivity contribution is -0.145. The third kappa shape index (κ3) is 2.11. The van der Waals surface area contributed by atoms with Crippen LogP contribution in [0.4, 0.5) is 0 Å². The van der Waals surface area contributed by atoms with Gasteiger partial charge in [0, 0.05) is 44.1 Å². The average Bonchev–Trinajstić information content (AvgIpc) is 3.26. The second-order valence-electron chi connectivity index (χ2n) is 7.36. The zero-order chi connectivity index (χ0) is 18.0. The number of carboxylic acid groups (broad SMARTS) is 1. The van der Waals surface area contributed by atoms with Crippen molar-refractivity contribution in [2.45, 2.75) is 25.7 Å². The van der Waals surface area contributed by atoms with Crippen LogP contribution in [-0.4, -0.2) is 46.3 Å². The molecule has 3 aliphatic heterocycles. The SMILES string of the molecule is O=C(O)C1CC2=C(OC3=C4C(C=CCN24)CC(N2CCCC2)=C3Cl)C1=O. The van der Waals surface area contributed by atoms with E-state index in [1.807, 2.05) is 4.90 Å². The number of aliphatic carboxylic acids is 1. The number of likely N-dealkylation sites (tertiary alicyclic amines) is 1. The Hall–Kier alpha value is -2.21. The Morgan fingerprint density at radius 2 is 1.96 bits per heavy atom. The molecule has 7 heteroatoms. The van der Waals surface area contributed by atoms with E-state index < -0.39 is 17.7 Å². The molecule has 5 rings (SSSR count). The van der Waals surface area contributed by atoms with Crippen molar-refractivity contribution in [3.05, 3.63) is 45.8 Å². The van der Waals surface area contributed by atoms with Crippen LogP contribution in [0, 0.1) is 11.8 Å². The standard InChI is InChI=1S/C19H19ClN2O4/c20-14-12(21-5-1-2-6-21)8-10-4-3-7-22-13-9-11(19(24)25)16(23)17(13)26-18(14)15(10)22/h3-4,10-11H,1-2,5-9H2,(H,24,25). The lowest BCUT2D eigenvalue weighted by Gasteiger charge is -2.43. The summed E-state index contributed by atoms with van der Waals surface area (Å²) in [6.07, 6.45) is 7.56. The predicted molar refractivity (Wildman–Crippen MR) is 93.5 cm³/mol. The number of rotatable bonds is 2. The van der Waals surface area contributed by atoms with Crippen LogP contribution in [0.25, 0.3) is 0 Å². The van der Waals surface area contributed by atoms with Crippen molar-refractivity contribution in [2.24, 2.45) is 11.8 Å². The maximum absolute atomic E-state index is 12.6. The molecule has 2 atom stereocenters. The third-order valence-corrected chi connectivity index (χ3v) is 6.30. The first-order chi connectivity index (χ1) is 12.6. The molecule has 0 saturated carbocycles. The molecule has 5 aliphatic rings. The van der Waals surface area contributed by atoms with Gasteiger partial charge in [-0.25, -0.2) is 0 Å². The number of ketones is 1. The van der Waals surface area contributed by atoms with E-state index >= 15 is 0 Å². The summed E-state index contributed by atoms with van der Waals surface area (Å²) < 4.78 is 6.00. The van der Waals surface area contributed by atoms with Gasteiger partial charge in [0.15, 0.2) is 11.5 Å². The zero-order valence-electron chi connectivity index (χ0n) is 14.2. The van der Waals surface area contributed by atoms with Gasteiger partial charge >= 0.3 is 5.97 Å². The van der Waals surface area contributed by atoms with Gasteiger partial charge in [-0.15, -0.1) is 0 Å². The topological polar surface area (TPSA) is 70.1 Å². The van der Waals surface area contributed by atoms with Gasteiger partial charge in [0.2, 0.25) is 5.78 Å². The van der Waals surface area contributed by atoms with E-state index in [9.17, 15) is 14.7 Å². The molecule has 1 saturated heterocycles. The van der Waals surface area contributed by atoms with E-state index in [0.717, 1.165) is 43.7 Å². The van der Waals surface area contributed by atoms with Crippen LogP contribution < -0.4 is 0 Å². The van der Waals surface area contributed by atoms with Gasteiger partial charge in [-0.1, -0.05) is 23.8 Å². The molecular weight excluding hydrogens is 356 g/mol. The number of allylic oxidation sites excluding steroid dienone is 5. The molecule has 0 radical (unpaired) electrons. The fourth-order valence-electron chi connectivity index (χ4n) is 4.65. The van der Waals surface area contributed by atoms with Crippen LogP contribution in [0.2, 0.25) is 0 Å². The summed E-state index contributed by atoms with van der Waals surface area (Å²) in [5, 5.41) is 9.93. The molecule has 0 amide bonds. The number of nitrogens with zero attached hydrogens (tertiary/aromatic N) is 2. The van der Waals surface area contributed by atoms with E-state index in [2.05, 4.69) is 17.1 Å². The van der Waals surface area contributed by atoms with Crippen molar-refractivity contribution in [1.82, 2.24) is 9.80 Å². The fraction of sp³-hybridized carbons (Fsp3) is 0.474. The first-order valence-corrected chi connectivity index (χ1v) is 9.44. The molecule has 26 heavy (non-hydrogen) atoms. The van der Waals surface area contributed by atoms with Gasteiger partial charge in [-0.05, 0) is 12.8 Å². The summed E-state index contributed by atoms with van der Waals surface area (Å²) >= 11 is 6.74. The van der Waals surface area contributed by atoms with E-state index in [4.69, 9.17) is 16.3 Å². The molecule has 0 aromatic carbocycles. The van der Waals surface area contributed by atoms with Crippen molar-refractivity contribution in [2.75, 3.05) is 19.6 Å². The third-order valence-electron chi connectivity index (χ3n) is 5.91. The highest BCUT2D eigenvalue weighted by Crippen LogP contribution is 2.50. The van der Waals surface area contributed by atoms with E-state index in [-0.39, 0.29) is 18.1 Å². The molecule has 1 fully saturated rings. The van der Waals surface area contributed by atoms with Gasteiger partial charge in [-0.2, -0.15) is 0 Å². The second-order valence-corrected chi connectivity index (χ2v) is 7.73. The molecule has 0 aromatic rings. The zero-order valence-corrected chi connectivity index (χ0v) is 15.0. The number of halogens is 1. The second kappa shape index (κ2) is 5.64. The van der Waals surface area contributed by atoms with E-state index in [1.165, 1.54) is 0 Å². The number of Topliss-reactive ketones (excluding diaryl/α,β-unsaturated/α-hetero) is 1. The number of carboxylic acids is 1. The van der Waals surface area contributed by atoms with Crippen molar-refractivity contribution < 1.29 is 19.4 Å². The van der Waals surface area contributed by atoms with Crippen molar-refractivity contribution in [1.29, 1.82) is 0 Å². The Kier molecular flexibility index (Phi) is 3.47. The number of fused-ring (bicyclic) bond motifs is 1. The van der Waals surface area contributed by atoms with Crippen molar-refractivity contribution >= 4 is 23.4 Å². The molecule has 0 spiro atoms. The first-order valence-electron chi connectivity index (χ1n) is 9.06. The van der Waals surface area contributed by atoms with Gasteiger partial charge in [-0.3, -0.25) is 9.59 Å². The summed E-state index contributed by atoms with van der Waals surface area (Å²) in [4.78, 5) is 28.4. The smallest absolute Gasteiger partial charge is 0.314 e. The molecule has 2 aliphatic carbocycles. The molecule has 136 valence electrons. The largest absolute Gasteiger partial charge is 0.481 e. The minimum atomic E-state index is -1.10. The Labute approximate surface area is 156 Å². The lowest BCUT2D eigenvalue weighted by atomic mass is 9.88. The molecule has 1 N–H and O–H groups in total. The van der Waals surface area contributed by atoms with Gasteiger partial charge in [0.05, 0.1) is 11.4 Å². The highest BCUT2D eigenvalue weighted by atomic mass is 35.5. The Morgan fingerprint density at radius 1 is 1.19 bits per heavy atom. The molecule has 3 heterocycles. The summed E-state index contributed by atoms with van der Waals surface area (Å²) in [6, 6.07) is 0. The van der Waals surface area contributed by atoms with E-state index in [0.29, 0.717) is 23.0 Å². The normalized spacial score (nSPS) is 30.1. The van der Waals surface area contributed by atoms with Crippen LogP contribution in [0.1, 0.15) is 25.7 Å². The number of hydrogen-bond donors (Lipinski definition) is 1. The quantitative estimate of drug-likeness (QED) is 0.591. The number of carbonyl (C=O) groups excluding carboxylic acids is 1. The number of carbonyl (C=O) groups is 2. The van der Waals surface area contributed by atoms with Crippen LogP contribution in [0.15, 0.2) is 45.8 Å². The van der Waals surface area contributed by atoms with Crippen LogP contribution in [0.3, 0.4) is 0 Å². The van der Waals surface area contributed by atoms with Crippen molar-refractivity contribution in [3.8, 4) is 0 Å². The first kappa shape index (κ1) is 16.0. The Balaban J connectivity index is 1.58. The van der Waals surface area contributed by atoms with Crippen LogP contribution >= 0.6 is 11.6 Å². The lowest BCUT2D eigenvalue weighted by Crippen LogP contribution is -2.38. The summed E-state index contributed by atoms with van der Waals surface area (Å²) in [7, 11) is 0. The van der Waals surface area contributed by atoms with Gasteiger partial charge in [0.25, 0.3) is 0 Å². The minimum absolute atomic E-state index is 0.143. The van der Waals surface area contributed by atoms with Gasteiger partial charge in [0.1, 0.15) is 11.0 Å². The summed E-state index contributed by atoms with van der Waals surface area (Å²) in [6.45, 7) is 2.59. The van der Waals surface area contributed by atoms with Crippen LogP contribution in [-0.2, 0) is 14.3 Å². The highest BCUT2D eigenvalue weighted by molar-refractivity contribution is 6.32. The number of ether oxygens (including phenoxy) is 1. The van der Waals surface area contributed by atoms with Crippen LogP contribution in [0.5, 0.6) is 0 Å². The maximum atomic E-state index is 12.6. The monoisotopic (exact) mass is 374 g/mol. The molecule has 2 unspecified atom stereocenters. The molecule has 0 bridgehead atoms. The van der Waals surface area contributed by atoms with Crippen molar-refractivity contribution in [3.63, 3.8) is 0 Å². The predicted octanol–water partition coefficient (Wildman–Crippen LogP) is 2.55. The molecule has 6 nitrogen and oxygen atoms in total. The Morgan fingerprint density at radius 3 is 2.69 bits per heavy atom. The van der Waals surface area contributed by atoms with E-state index in [1.54, 1.807) is 0 Å². The molecular formula is C19H19ClN2O4. The maximum Gasteiger partial charge on any atom is 0.314 e. The number of hydrogen-bond acceptors (Lipinski definition) is 5. The molecule has 0 aromatic heterocycles. The average molecular weight is 375 g/mol. The van der Waals surface area contributed by atoms with Gasteiger partial charge < -0.3 is 19.6 Å². The Bertz CT molecular complexity index is 848. The summed E-state index contributed by atoms with van der Waals surface area (Å²) in [5.74, 6) is -1.79. The highest BCUT2D eigenvalue weighted by Gasteiger charge is 2.48. The summed E-state index contributed by atoms with van der Waals surface area (Å²) in [5.41, 5.74) is 2.73. The minimum Gasteiger partial charge on any atom is -0.481 e.